The van der Waals surface area contributed by atoms with Gasteiger partial charge in [-0.15, -0.1) is 0 Å². The van der Waals surface area contributed by atoms with E-state index in [1.54, 1.807) is 47.1 Å². The van der Waals surface area contributed by atoms with Crippen LogP contribution in [0.5, 0.6) is 0 Å². The lowest BCUT2D eigenvalue weighted by atomic mass is 10.0. The topological polar surface area (TPSA) is 78.0 Å². The van der Waals surface area contributed by atoms with Gasteiger partial charge in [0.25, 0.3) is 0 Å². The molecule has 0 saturated carbocycles. The Bertz CT molecular complexity index is 1130. The molecule has 0 bridgehead atoms. The number of likely N-dealkylation sites (tertiary alicyclic amines) is 1. The normalized spacial score (nSPS) is 14.8. The van der Waals surface area contributed by atoms with Crippen LogP contribution >= 0.6 is 11.6 Å². The van der Waals surface area contributed by atoms with E-state index >= 15 is 0 Å². The van der Waals surface area contributed by atoms with E-state index in [2.05, 4.69) is 0 Å². The molecule has 0 atom stereocenters. The van der Waals surface area contributed by atoms with Crippen LogP contribution in [-0.4, -0.2) is 66.6 Å². The number of halogens is 1. The smallest absolute Gasteiger partial charge is 0.243 e. The molecular formula is C26H34ClN3O4S. The number of aryl methyl sites for hydroxylation is 1. The summed E-state index contributed by atoms with van der Waals surface area (Å²) in [4.78, 5) is 29.2. The largest absolute Gasteiger partial charge is 0.343 e. The number of rotatable bonds is 9. The van der Waals surface area contributed by atoms with Crippen molar-refractivity contribution in [3.05, 3.63) is 64.7 Å². The Morgan fingerprint density at radius 3 is 2.31 bits per heavy atom. The molecule has 1 saturated heterocycles. The van der Waals surface area contributed by atoms with Gasteiger partial charge in [0.2, 0.25) is 21.8 Å². The summed E-state index contributed by atoms with van der Waals surface area (Å²) in [5, 5.41) is 0.579. The Balaban J connectivity index is 1.85. The quantitative estimate of drug-likeness (QED) is 0.500. The Morgan fingerprint density at radius 1 is 1.09 bits per heavy atom. The summed E-state index contributed by atoms with van der Waals surface area (Å²) in [5.41, 5.74) is 1.84. The highest BCUT2D eigenvalue weighted by Crippen LogP contribution is 2.23. The van der Waals surface area contributed by atoms with Gasteiger partial charge in [-0.1, -0.05) is 48.4 Å². The average molecular weight is 520 g/mol. The molecule has 0 spiro atoms. The predicted molar refractivity (Wildman–Crippen MR) is 138 cm³/mol. The summed E-state index contributed by atoms with van der Waals surface area (Å²) in [6, 6.07) is 13.9. The molecular weight excluding hydrogens is 486 g/mol. The van der Waals surface area contributed by atoms with Crippen molar-refractivity contribution in [2.75, 3.05) is 26.2 Å². The van der Waals surface area contributed by atoms with Crippen LogP contribution in [0.4, 0.5) is 0 Å². The third-order valence-electron chi connectivity index (χ3n) is 6.36. The second-order valence-corrected chi connectivity index (χ2v) is 11.4. The lowest BCUT2D eigenvalue weighted by Gasteiger charge is -2.39. The third-order valence-corrected chi connectivity index (χ3v) is 8.45. The van der Waals surface area contributed by atoms with Crippen molar-refractivity contribution < 1.29 is 18.0 Å². The standard InChI is InChI=1S/C26H34ClN3O4S/c1-4-14-29(35(33,34)25-10-8-20(2)9-11-25)19-26(32)30(18-22-6-5-7-23(27)17-22)24-12-15-28(16-13-24)21(3)31/h5-11,17,24H,4,12-16,18-19H2,1-3H3. The molecule has 2 aromatic carbocycles. The molecule has 2 aromatic rings. The van der Waals surface area contributed by atoms with Gasteiger partial charge in [0.05, 0.1) is 11.4 Å². The Morgan fingerprint density at radius 2 is 1.74 bits per heavy atom. The van der Waals surface area contributed by atoms with Crippen LogP contribution in [-0.2, 0) is 26.2 Å². The number of piperidine rings is 1. The van der Waals surface area contributed by atoms with Crippen LogP contribution in [0.2, 0.25) is 5.02 Å². The minimum Gasteiger partial charge on any atom is -0.343 e. The maximum Gasteiger partial charge on any atom is 0.243 e. The second-order valence-electron chi connectivity index (χ2n) is 9.04. The fraction of sp³-hybridized carbons (Fsp3) is 0.462. The van der Waals surface area contributed by atoms with E-state index < -0.39 is 10.0 Å². The van der Waals surface area contributed by atoms with Crippen LogP contribution in [0, 0.1) is 6.92 Å². The van der Waals surface area contributed by atoms with Crippen LogP contribution in [0.3, 0.4) is 0 Å². The van der Waals surface area contributed by atoms with Gasteiger partial charge >= 0.3 is 0 Å². The maximum atomic E-state index is 13.7. The van der Waals surface area contributed by atoms with E-state index in [-0.39, 0.29) is 35.8 Å². The Labute approximate surface area is 213 Å². The summed E-state index contributed by atoms with van der Waals surface area (Å²) >= 11 is 6.18. The van der Waals surface area contributed by atoms with Gasteiger partial charge in [-0.25, -0.2) is 8.42 Å². The highest BCUT2D eigenvalue weighted by molar-refractivity contribution is 7.89. The van der Waals surface area contributed by atoms with Gasteiger partial charge in [-0.05, 0) is 56.0 Å². The number of carbonyl (C=O) groups excluding carboxylic acids is 2. The summed E-state index contributed by atoms with van der Waals surface area (Å²) < 4.78 is 28.0. The number of benzene rings is 2. The van der Waals surface area contributed by atoms with E-state index in [0.29, 0.717) is 43.9 Å². The number of nitrogens with zero attached hydrogens (tertiary/aromatic N) is 3. The number of carbonyl (C=O) groups is 2. The van der Waals surface area contributed by atoms with Gasteiger partial charge in [-0.3, -0.25) is 9.59 Å². The van der Waals surface area contributed by atoms with E-state index in [9.17, 15) is 18.0 Å². The molecule has 0 unspecified atom stereocenters. The molecule has 35 heavy (non-hydrogen) atoms. The molecule has 7 nitrogen and oxygen atoms in total. The van der Waals surface area contributed by atoms with E-state index in [1.807, 2.05) is 32.0 Å². The number of hydrogen-bond donors (Lipinski definition) is 0. The van der Waals surface area contributed by atoms with Crippen LogP contribution in [0.1, 0.15) is 44.2 Å². The second kappa shape index (κ2) is 12.0. The first-order valence-corrected chi connectivity index (χ1v) is 13.8. The molecule has 0 aliphatic carbocycles. The molecule has 0 N–H and O–H groups in total. The molecule has 0 aromatic heterocycles. The number of hydrogen-bond acceptors (Lipinski definition) is 4. The lowest BCUT2D eigenvalue weighted by molar-refractivity contribution is -0.137. The molecule has 9 heteroatoms. The highest BCUT2D eigenvalue weighted by atomic mass is 35.5. The first kappa shape index (κ1) is 27.2. The minimum atomic E-state index is -3.83. The van der Waals surface area contributed by atoms with Gasteiger partial charge in [0.15, 0.2) is 0 Å². The molecule has 2 amide bonds. The van der Waals surface area contributed by atoms with Gasteiger partial charge < -0.3 is 9.80 Å². The third kappa shape index (κ3) is 7.06. The zero-order valence-electron chi connectivity index (χ0n) is 20.6. The molecule has 1 fully saturated rings. The van der Waals surface area contributed by atoms with Crippen LogP contribution in [0.25, 0.3) is 0 Å². The zero-order chi connectivity index (χ0) is 25.6. The van der Waals surface area contributed by atoms with E-state index in [1.165, 1.54) is 4.31 Å². The van der Waals surface area contributed by atoms with Crippen molar-refractivity contribution in [1.82, 2.24) is 14.1 Å². The molecule has 190 valence electrons. The first-order valence-electron chi connectivity index (χ1n) is 12.0. The summed E-state index contributed by atoms with van der Waals surface area (Å²) in [5.74, 6) is -0.232. The van der Waals surface area contributed by atoms with Crippen molar-refractivity contribution in [1.29, 1.82) is 0 Å². The highest BCUT2D eigenvalue weighted by Gasteiger charge is 2.32. The minimum absolute atomic E-state index is 0.0227. The number of amides is 2. The fourth-order valence-corrected chi connectivity index (χ4v) is 6.07. The summed E-state index contributed by atoms with van der Waals surface area (Å²) in [7, 11) is -3.83. The first-order chi connectivity index (χ1) is 16.6. The summed E-state index contributed by atoms with van der Waals surface area (Å²) in [6.45, 7) is 6.81. The predicted octanol–water partition coefficient (Wildman–Crippen LogP) is 4.09. The Hall–Kier alpha value is -2.42. The monoisotopic (exact) mass is 519 g/mol. The van der Waals surface area contributed by atoms with Crippen molar-refractivity contribution >= 4 is 33.4 Å². The fourth-order valence-electron chi connectivity index (χ4n) is 4.38. The molecule has 1 aliphatic heterocycles. The van der Waals surface area contributed by atoms with Crippen molar-refractivity contribution in [3.63, 3.8) is 0 Å². The number of sulfonamides is 1. The van der Waals surface area contributed by atoms with Crippen LogP contribution < -0.4 is 0 Å². The molecule has 3 rings (SSSR count). The van der Waals surface area contributed by atoms with Gasteiger partial charge in [0, 0.05) is 44.2 Å². The zero-order valence-corrected chi connectivity index (χ0v) is 22.2. The molecule has 0 radical (unpaired) electrons. The van der Waals surface area contributed by atoms with Crippen molar-refractivity contribution in [2.24, 2.45) is 0 Å². The van der Waals surface area contributed by atoms with Gasteiger partial charge in [-0.2, -0.15) is 4.31 Å². The average Bonchev–Trinajstić information content (AvgIpc) is 2.82. The maximum absolute atomic E-state index is 13.7. The SMILES string of the molecule is CCCN(CC(=O)N(Cc1cccc(Cl)c1)C1CCN(C(C)=O)CC1)S(=O)(=O)c1ccc(C)cc1. The van der Waals surface area contributed by atoms with Crippen molar-refractivity contribution in [3.8, 4) is 0 Å². The Kier molecular flexibility index (Phi) is 9.33. The van der Waals surface area contributed by atoms with Gasteiger partial charge in [0.1, 0.15) is 0 Å². The molecule has 1 heterocycles. The lowest BCUT2D eigenvalue weighted by Crippen LogP contribution is -2.51. The van der Waals surface area contributed by atoms with Crippen LogP contribution in [0.15, 0.2) is 53.4 Å². The molecule has 1 aliphatic rings. The van der Waals surface area contributed by atoms with Crippen molar-refractivity contribution in [2.45, 2.75) is 57.5 Å². The van der Waals surface area contributed by atoms with E-state index in [0.717, 1.165) is 11.1 Å². The summed E-state index contributed by atoms with van der Waals surface area (Å²) in [6.07, 6.45) is 1.87. The van der Waals surface area contributed by atoms with E-state index in [4.69, 9.17) is 11.6 Å².